The Bertz CT molecular complexity index is 1100. The van der Waals surface area contributed by atoms with Crippen molar-refractivity contribution in [3.05, 3.63) is 50.6 Å². The number of ether oxygens (including phenoxy) is 6. The molecule has 45 heavy (non-hydrogen) atoms. The molecule has 0 amide bonds. The van der Waals surface area contributed by atoms with Crippen LogP contribution in [0.3, 0.4) is 0 Å². The first-order valence-electron chi connectivity index (χ1n) is 15.8. The van der Waals surface area contributed by atoms with E-state index in [-0.39, 0.29) is 30.6 Å². The van der Waals surface area contributed by atoms with E-state index in [9.17, 15) is 19.2 Å². The Morgan fingerprint density at radius 3 is 1.84 bits per heavy atom. The summed E-state index contributed by atoms with van der Waals surface area (Å²) in [6.45, 7) is 21.6. The second-order valence-corrected chi connectivity index (χ2v) is 13.4. The Hall–Kier alpha value is -3.24. The maximum absolute atomic E-state index is 11.2. The van der Waals surface area contributed by atoms with Gasteiger partial charge < -0.3 is 28.4 Å². The van der Waals surface area contributed by atoms with E-state index >= 15 is 0 Å². The van der Waals surface area contributed by atoms with Gasteiger partial charge in [-0.15, -0.1) is 0 Å². The molecule has 6 unspecified atom stereocenters. The van der Waals surface area contributed by atoms with Gasteiger partial charge in [-0.25, -0.2) is 19.2 Å². The van der Waals surface area contributed by atoms with Gasteiger partial charge in [0.2, 0.25) is 0 Å². The Kier molecular flexibility index (Phi) is 13.2. The lowest BCUT2D eigenvalue weighted by atomic mass is 9.76. The number of carbonyl (C=O) groups excluding carboxylic acids is 4. The van der Waals surface area contributed by atoms with Gasteiger partial charge in [-0.05, 0) is 67.6 Å². The van der Waals surface area contributed by atoms with Crippen LogP contribution in [0.5, 0.6) is 0 Å². The lowest BCUT2D eigenvalue weighted by Crippen LogP contribution is -2.50. The van der Waals surface area contributed by atoms with Crippen LogP contribution in [0.4, 0.5) is 0 Å². The predicted octanol–water partition coefficient (Wildman–Crippen LogP) is 4.98. The van der Waals surface area contributed by atoms with Crippen LogP contribution in [0.1, 0.15) is 52.9 Å². The zero-order valence-corrected chi connectivity index (χ0v) is 27.0. The first-order chi connectivity index (χ1) is 21.4. The molecule has 10 nitrogen and oxygen atoms in total. The van der Waals surface area contributed by atoms with Crippen LogP contribution >= 0.6 is 0 Å². The minimum absolute atomic E-state index is 0.160. The van der Waals surface area contributed by atoms with Crippen molar-refractivity contribution in [1.82, 2.24) is 0 Å². The van der Waals surface area contributed by atoms with Crippen LogP contribution in [0, 0.1) is 46.3 Å². The summed E-state index contributed by atoms with van der Waals surface area (Å²) >= 11 is 0. The molecule has 0 aromatic heterocycles. The standard InChI is InChI=1S/C18H24O4.C17H26O6/c1-3-17(19)21-9-11-5-14-12-7-13(10-22-18(20)4-2)15(8-12)16(14)6-11;1-6-13(18)20-9-16(4,5)15-22-11-17(8-3,12-23-15)10-21-14(19)7-2/h3-4,11-16H,1-2,5-10H2;6-7,15H,1-2,8-12H2,3-5H3. The van der Waals surface area contributed by atoms with E-state index < -0.39 is 23.6 Å². The monoisotopic (exact) mass is 630 g/mol. The third-order valence-electron chi connectivity index (χ3n) is 9.85. The average Bonchev–Trinajstić information content (AvgIpc) is 3.76. The topological polar surface area (TPSA) is 124 Å². The number of fused-ring (bicyclic) bond motifs is 5. The van der Waals surface area contributed by atoms with Gasteiger partial charge in [-0.2, -0.15) is 0 Å². The molecule has 250 valence electrons. The molecule has 0 N–H and O–H groups in total. The summed E-state index contributed by atoms with van der Waals surface area (Å²) < 4.78 is 32.3. The minimum Gasteiger partial charge on any atom is -0.462 e. The Morgan fingerprint density at radius 2 is 1.27 bits per heavy atom. The fraction of sp³-hybridized carbons (Fsp3) is 0.657. The molecule has 0 radical (unpaired) electrons. The van der Waals surface area contributed by atoms with Crippen molar-refractivity contribution in [3.63, 3.8) is 0 Å². The second-order valence-electron chi connectivity index (χ2n) is 13.4. The van der Waals surface area contributed by atoms with E-state index in [1.807, 2.05) is 20.8 Å². The van der Waals surface area contributed by atoms with Gasteiger partial charge >= 0.3 is 23.9 Å². The van der Waals surface area contributed by atoms with Gasteiger partial charge in [-0.1, -0.05) is 47.1 Å². The molecule has 4 fully saturated rings. The smallest absolute Gasteiger partial charge is 0.330 e. The predicted molar refractivity (Wildman–Crippen MR) is 166 cm³/mol. The maximum Gasteiger partial charge on any atom is 0.330 e. The molecule has 1 aliphatic heterocycles. The van der Waals surface area contributed by atoms with E-state index in [0.29, 0.717) is 44.2 Å². The van der Waals surface area contributed by atoms with Crippen molar-refractivity contribution in [3.8, 4) is 0 Å². The first-order valence-corrected chi connectivity index (χ1v) is 15.8. The molecule has 0 spiro atoms. The second kappa shape index (κ2) is 16.4. The SMILES string of the molecule is C=CC(=O)OCC1(CC)COC(C(C)(C)COC(=O)C=C)OC1.C=CC(=O)OCC1CC2C3CC(COC(=O)C=C)C(C3)C2C1. The van der Waals surface area contributed by atoms with Crippen LogP contribution in [0.15, 0.2) is 50.6 Å². The largest absolute Gasteiger partial charge is 0.462 e. The molecule has 4 aliphatic rings. The van der Waals surface area contributed by atoms with Crippen molar-refractivity contribution in [1.29, 1.82) is 0 Å². The molecule has 2 bridgehead atoms. The van der Waals surface area contributed by atoms with Crippen LogP contribution in [0.2, 0.25) is 0 Å². The third kappa shape index (κ3) is 9.63. The van der Waals surface area contributed by atoms with Gasteiger partial charge in [0.05, 0.1) is 31.8 Å². The lowest BCUT2D eigenvalue weighted by molar-refractivity contribution is -0.280. The van der Waals surface area contributed by atoms with E-state index in [4.69, 9.17) is 28.4 Å². The number of hydrogen-bond donors (Lipinski definition) is 0. The van der Waals surface area contributed by atoms with Crippen LogP contribution in [-0.2, 0) is 47.6 Å². The van der Waals surface area contributed by atoms with Crippen molar-refractivity contribution in [2.45, 2.75) is 59.2 Å². The van der Waals surface area contributed by atoms with E-state index in [1.54, 1.807) is 0 Å². The fourth-order valence-electron chi connectivity index (χ4n) is 7.26. The highest BCUT2D eigenvalue weighted by Gasteiger charge is 2.56. The number of hydrogen-bond acceptors (Lipinski definition) is 10. The van der Waals surface area contributed by atoms with E-state index in [1.165, 1.54) is 31.4 Å². The summed E-state index contributed by atoms with van der Waals surface area (Å²) in [7, 11) is 0. The molecule has 0 aromatic rings. The number of carbonyl (C=O) groups is 4. The minimum atomic E-state index is -0.505. The highest BCUT2D eigenvalue weighted by atomic mass is 16.7. The molecule has 4 rings (SSSR count). The molecule has 1 saturated heterocycles. The van der Waals surface area contributed by atoms with Gasteiger partial charge in [0, 0.05) is 29.7 Å². The molecular weight excluding hydrogens is 580 g/mol. The molecule has 0 aromatic carbocycles. The van der Waals surface area contributed by atoms with Crippen LogP contribution in [0.25, 0.3) is 0 Å². The van der Waals surface area contributed by atoms with Gasteiger partial charge in [0.25, 0.3) is 0 Å². The third-order valence-corrected chi connectivity index (χ3v) is 9.85. The van der Waals surface area contributed by atoms with Crippen molar-refractivity contribution >= 4 is 23.9 Å². The average molecular weight is 631 g/mol. The molecule has 6 atom stereocenters. The Morgan fingerprint density at radius 1 is 0.733 bits per heavy atom. The van der Waals surface area contributed by atoms with E-state index in [0.717, 1.165) is 42.7 Å². The van der Waals surface area contributed by atoms with Crippen molar-refractivity contribution in [2.75, 3.05) is 39.6 Å². The van der Waals surface area contributed by atoms with Gasteiger partial charge in [-0.3, -0.25) is 0 Å². The molecule has 1 heterocycles. The highest BCUT2D eigenvalue weighted by Crippen LogP contribution is 2.62. The summed E-state index contributed by atoms with van der Waals surface area (Å²) in [6.07, 6.45) is 9.73. The molecule has 3 saturated carbocycles. The summed E-state index contributed by atoms with van der Waals surface area (Å²) in [5.41, 5.74) is -0.876. The van der Waals surface area contributed by atoms with Gasteiger partial charge in [0.1, 0.15) is 13.2 Å². The summed E-state index contributed by atoms with van der Waals surface area (Å²) in [5.74, 6) is 2.35. The normalized spacial score (nSPS) is 31.3. The maximum atomic E-state index is 11.2. The number of esters is 4. The number of rotatable bonds is 14. The summed E-state index contributed by atoms with van der Waals surface area (Å²) in [6, 6.07) is 0. The molecular formula is C35H50O10. The lowest BCUT2D eigenvalue weighted by Gasteiger charge is -2.43. The first kappa shape index (κ1) is 36.2. The highest BCUT2D eigenvalue weighted by molar-refractivity contribution is 5.82. The van der Waals surface area contributed by atoms with Crippen molar-refractivity contribution < 1.29 is 47.6 Å². The Labute approximate surface area is 267 Å². The molecule has 3 aliphatic carbocycles. The van der Waals surface area contributed by atoms with Crippen LogP contribution < -0.4 is 0 Å². The van der Waals surface area contributed by atoms with E-state index in [2.05, 4.69) is 26.3 Å². The summed E-state index contributed by atoms with van der Waals surface area (Å²) in [4.78, 5) is 44.8. The summed E-state index contributed by atoms with van der Waals surface area (Å²) in [5, 5.41) is 0. The zero-order valence-electron chi connectivity index (χ0n) is 27.0. The Balaban J connectivity index is 0.000000245. The van der Waals surface area contributed by atoms with Crippen molar-refractivity contribution in [2.24, 2.45) is 46.3 Å². The van der Waals surface area contributed by atoms with Gasteiger partial charge in [0.15, 0.2) is 6.29 Å². The van der Waals surface area contributed by atoms with Crippen LogP contribution in [-0.4, -0.2) is 69.8 Å². The zero-order chi connectivity index (χ0) is 33.2. The fourth-order valence-corrected chi connectivity index (χ4v) is 7.26. The molecule has 10 heteroatoms. The quantitative estimate of drug-likeness (QED) is 0.147.